The third-order valence-electron chi connectivity index (χ3n) is 4.63. The van der Waals surface area contributed by atoms with Crippen molar-refractivity contribution in [2.45, 2.75) is 6.92 Å². The monoisotopic (exact) mass is 406 g/mol. The molecule has 0 unspecified atom stereocenters. The quantitative estimate of drug-likeness (QED) is 0.524. The largest absolute Gasteiger partial charge is 0.375 e. The maximum Gasteiger partial charge on any atom is 0.251 e. The lowest BCUT2D eigenvalue weighted by molar-refractivity contribution is -0.119. The fraction of sp³-hybridized carbons (Fsp3) is 0.136. The van der Waals surface area contributed by atoms with Crippen molar-refractivity contribution in [3.63, 3.8) is 0 Å². The van der Waals surface area contributed by atoms with Gasteiger partial charge in [-0.3, -0.25) is 4.79 Å². The summed E-state index contributed by atoms with van der Waals surface area (Å²) < 4.78 is 6.88. The van der Waals surface area contributed by atoms with E-state index in [0.717, 1.165) is 27.8 Å². The molecule has 7 heteroatoms. The van der Waals surface area contributed by atoms with Crippen molar-refractivity contribution in [3.05, 3.63) is 71.6 Å². The molecule has 0 saturated heterocycles. The minimum absolute atomic E-state index is 0.0551. The summed E-state index contributed by atoms with van der Waals surface area (Å²) in [4.78, 5) is 21.0. The van der Waals surface area contributed by atoms with Gasteiger partial charge in [0.05, 0.1) is 5.39 Å². The highest BCUT2D eigenvalue weighted by Gasteiger charge is 2.18. The summed E-state index contributed by atoms with van der Waals surface area (Å²) in [6, 6.07) is 15.8. The van der Waals surface area contributed by atoms with E-state index in [-0.39, 0.29) is 12.5 Å². The number of aromatic nitrogens is 3. The van der Waals surface area contributed by atoms with E-state index < -0.39 is 0 Å². The van der Waals surface area contributed by atoms with Crippen LogP contribution in [0.2, 0.25) is 5.02 Å². The van der Waals surface area contributed by atoms with Crippen molar-refractivity contribution in [1.29, 1.82) is 0 Å². The molecule has 1 N–H and O–H groups in total. The molecule has 1 amide bonds. The number of nitrogens with one attached hydrogen (secondary N) is 1. The van der Waals surface area contributed by atoms with Gasteiger partial charge in [0.1, 0.15) is 18.8 Å². The molecule has 2 aromatic heterocycles. The molecule has 0 aliphatic heterocycles. The molecule has 4 aromatic rings. The maximum absolute atomic E-state index is 12.1. The number of methoxy groups -OCH3 is 1. The number of halogens is 1. The number of carbonyl (C=O) groups is 1. The summed E-state index contributed by atoms with van der Waals surface area (Å²) in [7, 11) is 1.47. The zero-order valence-electron chi connectivity index (χ0n) is 16.0. The zero-order chi connectivity index (χ0) is 20.4. The number of benzene rings is 2. The van der Waals surface area contributed by atoms with Crippen LogP contribution in [0.25, 0.3) is 27.8 Å². The summed E-state index contributed by atoms with van der Waals surface area (Å²) >= 11 is 6.36. The molecule has 146 valence electrons. The average molecular weight is 407 g/mol. The summed E-state index contributed by atoms with van der Waals surface area (Å²) in [6.07, 6.45) is 3.42. The molecule has 0 fully saturated rings. The fourth-order valence-electron chi connectivity index (χ4n) is 3.22. The Labute approximate surface area is 173 Å². The number of anilines is 1. The first kappa shape index (κ1) is 19.1. The first-order valence-electron chi connectivity index (χ1n) is 9.05. The first-order chi connectivity index (χ1) is 14.1. The summed E-state index contributed by atoms with van der Waals surface area (Å²) in [5, 5.41) is 4.25. The van der Waals surface area contributed by atoms with E-state index in [4.69, 9.17) is 16.3 Å². The van der Waals surface area contributed by atoms with Crippen molar-refractivity contribution in [2.75, 3.05) is 19.0 Å². The van der Waals surface area contributed by atoms with E-state index in [2.05, 4.69) is 15.3 Å². The number of hydrogen-bond donors (Lipinski definition) is 1. The number of carbonyl (C=O) groups excluding carboxylic acids is 1. The first-order valence-corrected chi connectivity index (χ1v) is 9.43. The van der Waals surface area contributed by atoms with Crippen LogP contribution in [-0.4, -0.2) is 34.2 Å². The molecule has 0 saturated carbocycles. The standard InChI is InChI=1S/C22H19ClN4O2/c1-14-8-9-16(10-18(14)23)27-11-17(15-6-4-3-5-7-15)20-21(24-13-25-22(20)27)26-19(28)12-29-2/h3-11,13H,12H2,1-2H3,(H,24,25,26,28). The number of fused-ring (bicyclic) bond motifs is 1. The average Bonchev–Trinajstić information content (AvgIpc) is 3.12. The van der Waals surface area contributed by atoms with Crippen LogP contribution in [-0.2, 0) is 9.53 Å². The predicted molar refractivity (Wildman–Crippen MR) is 115 cm³/mol. The fourth-order valence-corrected chi connectivity index (χ4v) is 3.40. The Kier molecular flexibility index (Phi) is 5.29. The minimum Gasteiger partial charge on any atom is -0.375 e. The van der Waals surface area contributed by atoms with Crippen LogP contribution >= 0.6 is 11.6 Å². The van der Waals surface area contributed by atoms with Gasteiger partial charge in [0.15, 0.2) is 5.65 Å². The Morgan fingerprint density at radius 1 is 1.17 bits per heavy atom. The van der Waals surface area contributed by atoms with Gasteiger partial charge in [-0.25, -0.2) is 9.97 Å². The van der Waals surface area contributed by atoms with Crippen molar-refractivity contribution < 1.29 is 9.53 Å². The lowest BCUT2D eigenvalue weighted by Gasteiger charge is -2.08. The number of rotatable bonds is 5. The van der Waals surface area contributed by atoms with Gasteiger partial charge >= 0.3 is 0 Å². The predicted octanol–water partition coefficient (Wildman–Crippen LogP) is 4.63. The van der Waals surface area contributed by atoms with Crippen LogP contribution < -0.4 is 5.32 Å². The van der Waals surface area contributed by atoms with Gasteiger partial charge < -0.3 is 14.6 Å². The molecule has 0 aliphatic carbocycles. The van der Waals surface area contributed by atoms with Crippen LogP contribution in [0, 0.1) is 6.92 Å². The van der Waals surface area contributed by atoms with Crippen molar-refractivity contribution in [2.24, 2.45) is 0 Å². The smallest absolute Gasteiger partial charge is 0.251 e. The second kappa shape index (κ2) is 8.03. The van der Waals surface area contributed by atoms with Gasteiger partial charge in [-0.1, -0.05) is 48.0 Å². The van der Waals surface area contributed by atoms with E-state index in [0.29, 0.717) is 16.5 Å². The Hall–Kier alpha value is -3.22. The molecule has 0 radical (unpaired) electrons. The molecule has 0 aliphatic rings. The highest BCUT2D eigenvalue weighted by atomic mass is 35.5. The van der Waals surface area contributed by atoms with E-state index in [1.165, 1.54) is 13.4 Å². The molecule has 0 bridgehead atoms. The summed E-state index contributed by atoms with van der Waals surface area (Å²) in [5.74, 6) is 0.158. The van der Waals surface area contributed by atoms with Gasteiger partial charge in [0.2, 0.25) is 0 Å². The van der Waals surface area contributed by atoms with E-state index in [1.807, 2.05) is 66.2 Å². The minimum atomic E-state index is -0.280. The second-order valence-corrected chi connectivity index (χ2v) is 7.02. The van der Waals surface area contributed by atoms with Crippen LogP contribution in [0.1, 0.15) is 5.56 Å². The van der Waals surface area contributed by atoms with Crippen molar-refractivity contribution in [1.82, 2.24) is 14.5 Å². The van der Waals surface area contributed by atoms with Gasteiger partial charge in [0, 0.05) is 29.6 Å². The van der Waals surface area contributed by atoms with Crippen LogP contribution in [0.15, 0.2) is 61.1 Å². The van der Waals surface area contributed by atoms with E-state index >= 15 is 0 Å². The molecule has 0 spiro atoms. The van der Waals surface area contributed by atoms with Crippen LogP contribution in [0.4, 0.5) is 5.82 Å². The van der Waals surface area contributed by atoms with Gasteiger partial charge in [-0.05, 0) is 30.2 Å². The number of hydrogen-bond acceptors (Lipinski definition) is 4. The molecule has 6 nitrogen and oxygen atoms in total. The Bertz CT molecular complexity index is 1190. The van der Waals surface area contributed by atoms with Gasteiger partial charge in [-0.2, -0.15) is 0 Å². The molecule has 4 rings (SSSR count). The Morgan fingerprint density at radius 3 is 2.69 bits per heavy atom. The third kappa shape index (κ3) is 3.72. The Balaban J connectivity index is 1.96. The summed E-state index contributed by atoms with van der Waals surface area (Å²) in [5.41, 5.74) is 4.45. The summed E-state index contributed by atoms with van der Waals surface area (Å²) in [6.45, 7) is 1.90. The third-order valence-corrected chi connectivity index (χ3v) is 5.04. The second-order valence-electron chi connectivity index (χ2n) is 6.61. The number of ether oxygens (including phenoxy) is 1. The number of nitrogens with zero attached hydrogens (tertiary/aromatic N) is 3. The van der Waals surface area contributed by atoms with Gasteiger partial charge in [0.25, 0.3) is 5.91 Å². The van der Waals surface area contributed by atoms with Crippen LogP contribution in [0.3, 0.4) is 0 Å². The lowest BCUT2D eigenvalue weighted by Crippen LogP contribution is -2.18. The number of aryl methyl sites for hydroxylation is 1. The number of amides is 1. The normalized spacial score (nSPS) is 11.0. The van der Waals surface area contributed by atoms with E-state index in [1.54, 1.807) is 0 Å². The molecule has 0 atom stereocenters. The zero-order valence-corrected chi connectivity index (χ0v) is 16.8. The van der Waals surface area contributed by atoms with Gasteiger partial charge in [-0.15, -0.1) is 0 Å². The van der Waals surface area contributed by atoms with Crippen LogP contribution in [0.5, 0.6) is 0 Å². The topological polar surface area (TPSA) is 69.0 Å². The van der Waals surface area contributed by atoms with Crippen molar-refractivity contribution in [3.8, 4) is 16.8 Å². The molecule has 2 aromatic carbocycles. The molecular weight excluding hydrogens is 388 g/mol. The maximum atomic E-state index is 12.1. The van der Waals surface area contributed by atoms with Crippen molar-refractivity contribution >= 4 is 34.4 Å². The Morgan fingerprint density at radius 2 is 1.97 bits per heavy atom. The SMILES string of the molecule is COCC(=O)Nc1ncnc2c1c(-c1ccccc1)cn2-c1ccc(C)c(Cl)c1. The molecule has 2 heterocycles. The molecular formula is C22H19ClN4O2. The highest BCUT2D eigenvalue weighted by Crippen LogP contribution is 2.35. The molecule has 29 heavy (non-hydrogen) atoms. The lowest BCUT2D eigenvalue weighted by atomic mass is 10.1. The highest BCUT2D eigenvalue weighted by molar-refractivity contribution is 6.31. The van der Waals surface area contributed by atoms with E-state index in [9.17, 15) is 4.79 Å².